The van der Waals surface area contributed by atoms with Crippen molar-refractivity contribution in [2.24, 2.45) is 5.73 Å². The van der Waals surface area contributed by atoms with Crippen molar-refractivity contribution < 1.29 is 29.4 Å². The normalized spacial score (nSPS) is 24.5. The highest BCUT2D eigenvalue weighted by atomic mass is 32.2. The molecular formula is C12H18N2O6S2. The van der Waals surface area contributed by atoms with E-state index in [0.29, 0.717) is 0 Å². The van der Waals surface area contributed by atoms with Gasteiger partial charge in [-0.15, -0.1) is 23.5 Å². The summed E-state index contributed by atoms with van der Waals surface area (Å²) >= 11 is 2.32. The second-order valence-electron chi connectivity index (χ2n) is 5.22. The quantitative estimate of drug-likeness (QED) is 0.496. The Morgan fingerprint density at radius 3 is 2.18 bits per heavy atom. The molecule has 2 unspecified atom stereocenters. The van der Waals surface area contributed by atoms with Crippen LogP contribution in [0.15, 0.2) is 0 Å². The van der Waals surface area contributed by atoms with E-state index in [1.165, 1.54) is 11.8 Å². The predicted molar refractivity (Wildman–Crippen MR) is 82.5 cm³/mol. The van der Waals surface area contributed by atoms with Crippen molar-refractivity contribution in [1.82, 2.24) is 5.32 Å². The Morgan fingerprint density at radius 1 is 1.18 bits per heavy atom. The van der Waals surface area contributed by atoms with E-state index < -0.39 is 44.4 Å². The maximum absolute atomic E-state index is 12.2. The van der Waals surface area contributed by atoms with E-state index in [1.54, 1.807) is 13.8 Å². The molecule has 10 heteroatoms. The molecule has 0 aromatic heterocycles. The predicted octanol–water partition coefficient (Wildman–Crippen LogP) is -0.141. The van der Waals surface area contributed by atoms with Crippen LogP contribution in [0.3, 0.4) is 0 Å². The number of nitrogens with one attached hydrogen (secondary N) is 1. The van der Waals surface area contributed by atoms with E-state index >= 15 is 0 Å². The van der Waals surface area contributed by atoms with Gasteiger partial charge >= 0.3 is 11.9 Å². The van der Waals surface area contributed by atoms with E-state index in [-0.39, 0.29) is 12.8 Å². The van der Waals surface area contributed by atoms with Crippen molar-refractivity contribution in [1.29, 1.82) is 0 Å². The number of aliphatic carboxylic acids is 2. The molecule has 0 aromatic rings. The zero-order valence-corrected chi connectivity index (χ0v) is 13.7. The molecule has 1 heterocycles. The maximum Gasteiger partial charge on any atom is 0.326 e. The largest absolute Gasteiger partial charge is 0.480 e. The van der Waals surface area contributed by atoms with Gasteiger partial charge in [0.2, 0.25) is 11.8 Å². The van der Waals surface area contributed by atoms with Crippen molar-refractivity contribution >= 4 is 47.3 Å². The topological polar surface area (TPSA) is 147 Å². The smallest absolute Gasteiger partial charge is 0.326 e. The average molecular weight is 350 g/mol. The molecule has 0 saturated carbocycles. The Labute approximate surface area is 135 Å². The van der Waals surface area contributed by atoms with Gasteiger partial charge in [0.25, 0.3) is 0 Å². The second kappa shape index (κ2) is 7.23. The molecule has 0 spiro atoms. The number of carbonyl (C=O) groups excluding carboxylic acids is 2. The fourth-order valence-electron chi connectivity index (χ4n) is 1.93. The third kappa shape index (κ3) is 5.09. The molecule has 1 fully saturated rings. The van der Waals surface area contributed by atoms with Crippen LogP contribution < -0.4 is 11.1 Å². The van der Waals surface area contributed by atoms with Crippen LogP contribution in [-0.4, -0.2) is 54.6 Å². The zero-order valence-electron chi connectivity index (χ0n) is 12.1. The molecular weight excluding hydrogens is 332 g/mol. The molecule has 124 valence electrons. The number of nitrogens with two attached hydrogens (primary N) is 1. The minimum absolute atomic E-state index is 0.137. The third-order valence-corrected chi connectivity index (χ3v) is 6.25. The van der Waals surface area contributed by atoms with Crippen molar-refractivity contribution in [3.05, 3.63) is 0 Å². The monoisotopic (exact) mass is 350 g/mol. The first-order valence-corrected chi connectivity index (χ1v) is 8.19. The molecule has 0 aliphatic carbocycles. The Morgan fingerprint density at radius 2 is 1.73 bits per heavy atom. The SMILES string of the molecule is CC1(C)SC(C(=O)O)C(C(=O)N[C@@H](CCC(N)=O)C(=O)O)S1. The minimum Gasteiger partial charge on any atom is -0.480 e. The van der Waals surface area contributed by atoms with Crippen LogP contribution in [0, 0.1) is 0 Å². The van der Waals surface area contributed by atoms with E-state index in [2.05, 4.69) is 5.32 Å². The number of carboxylic acid groups (broad SMARTS) is 2. The summed E-state index contributed by atoms with van der Waals surface area (Å²) in [5, 5.41) is 18.7. The number of carboxylic acids is 2. The van der Waals surface area contributed by atoms with Gasteiger partial charge in [0, 0.05) is 6.42 Å². The van der Waals surface area contributed by atoms with Crippen LogP contribution in [0.2, 0.25) is 0 Å². The van der Waals surface area contributed by atoms with Crippen LogP contribution >= 0.6 is 23.5 Å². The van der Waals surface area contributed by atoms with Crippen molar-refractivity contribution in [3.8, 4) is 0 Å². The molecule has 1 saturated heterocycles. The van der Waals surface area contributed by atoms with Crippen molar-refractivity contribution in [2.45, 2.75) is 47.3 Å². The third-order valence-electron chi connectivity index (χ3n) is 2.89. The number of amides is 2. The highest BCUT2D eigenvalue weighted by molar-refractivity contribution is 8.22. The summed E-state index contributed by atoms with van der Waals surface area (Å²) in [6.45, 7) is 3.60. The highest BCUT2D eigenvalue weighted by Crippen LogP contribution is 2.51. The fourth-order valence-corrected chi connectivity index (χ4v) is 5.10. The minimum atomic E-state index is -1.30. The summed E-state index contributed by atoms with van der Waals surface area (Å²) < 4.78 is -0.461. The molecule has 2 amide bonds. The Hall–Kier alpha value is -1.42. The summed E-state index contributed by atoms with van der Waals surface area (Å²) in [4.78, 5) is 45.3. The van der Waals surface area contributed by atoms with Crippen LogP contribution in [0.4, 0.5) is 0 Å². The van der Waals surface area contributed by atoms with Gasteiger partial charge < -0.3 is 21.3 Å². The van der Waals surface area contributed by atoms with Gasteiger partial charge in [0.05, 0.1) is 4.08 Å². The lowest BCUT2D eigenvalue weighted by Crippen LogP contribution is -2.47. The second-order valence-corrected chi connectivity index (χ2v) is 9.01. The summed E-state index contributed by atoms with van der Waals surface area (Å²) in [6, 6.07) is -1.27. The van der Waals surface area contributed by atoms with Gasteiger partial charge in [-0.2, -0.15) is 0 Å². The lowest BCUT2D eigenvalue weighted by atomic mass is 10.1. The molecule has 1 rings (SSSR count). The van der Waals surface area contributed by atoms with Gasteiger partial charge in [-0.05, 0) is 20.3 Å². The standard InChI is InChI=1S/C12H18N2O6S2/c1-12(2)21-7(8(22-12)11(19)20)9(16)14-5(10(17)18)3-4-6(13)15/h5,7-8H,3-4H2,1-2H3,(H2,13,15)(H,14,16)(H,17,18)(H,19,20)/t5-,7?,8?/m0/s1. The first-order valence-electron chi connectivity index (χ1n) is 6.43. The first-order chi connectivity index (χ1) is 10.0. The molecule has 0 bridgehead atoms. The molecule has 3 atom stereocenters. The van der Waals surface area contributed by atoms with Gasteiger partial charge in [-0.25, -0.2) is 4.79 Å². The van der Waals surface area contributed by atoms with E-state index in [9.17, 15) is 24.3 Å². The summed E-state index contributed by atoms with van der Waals surface area (Å²) in [5.74, 6) is -3.74. The Kier molecular flexibility index (Phi) is 6.12. The van der Waals surface area contributed by atoms with Gasteiger partial charge in [-0.3, -0.25) is 14.4 Å². The molecule has 1 aliphatic heterocycles. The molecule has 1 aliphatic rings. The van der Waals surface area contributed by atoms with E-state index in [1.807, 2.05) is 0 Å². The summed E-state index contributed by atoms with van der Waals surface area (Å²) in [6.07, 6.45) is -0.320. The molecule has 0 radical (unpaired) electrons. The van der Waals surface area contributed by atoms with Crippen LogP contribution in [0.5, 0.6) is 0 Å². The van der Waals surface area contributed by atoms with Crippen LogP contribution in [-0.2, 0) is 19.2 Å². The van der Waals surface area contributed by atoms with Gasteiger partial charge in [0.1, 0.15) is 16.5 Å². The number of primary amides is 1. The fraction of sp³-hybridized carbons (Fsp3) is 0.667. The number of rotatable bonds is 7. The first kappa shape index (κ1) is 18.6. The lowest BCUT2D eigenvalue weighted by molar-refractivity contribution is -0.142. The summed E-state index contributed by atoms with van der Waals surface area (Å²) in [7, 11) is 0. The number of carbonyl (C=O) groups is 4. The summed E-state index contributed by atoms with van der Waals surface area (Å²) in [5.41, 5.74) is 4.96. The van der Waals surface area contributed by atoms with Crippen molar-refractivity contribution in [3.63, 3.8) is 0 Å². The number of thioether (sulfide) groups is 2. The maximum atomic E-state index is 12.2. The number of hydrogen-bond donors (Lipinski definition) is 4. The Balaban J connectivity index is 2.78. The molecule has 5 N–H and O–H groups in total. The molecule has 8 nitrogen and oxygen atoms in total. The molecule has 0 aromatic carbocycles. The van der Waals surface area contributed by atoms with Crippen molar-refractivity contribution in [2.75, 3.05) is 0 Å². The average Bonchev–Trinajstić information content (AvgIpc) is 2.70. The zero-order chi connectivity index (χ0) is 17.1. The van der Waals surface area contributed by atoms with E-state index in [4.69, 9.17) is 10.8 Å². The highest BCUT2D eigenvalue weighted by Gasteiger charge is 2.48. The van der Waals surface area contributed by atoms with Gasteiger partial charge in [0.15, 0.2) is 0 Å². The van der Waals surface area contributed by atoms with Crippen LogP contribution in [0.25, 0.3) is 0 Å². The number of hydrogen-bond acceptors (Lipinski definition) is 6. The Bertz CT molecular complexity index is 496. The van der Waals surface area contributed by atoms with E-state index in [0.717, 1.165) is 11.8 Å². The lowest BCUT2D eigenvalue weighted by Gasteiger charge is -2.19. The molecule has 22 heavy (non-hydrogen) atoms. The van der Waals surface area contributed by atoms with Crippen LogP contribution in [0.1, 0.15) is 26.7 Å². The van der Waals surface area contributed by atoms with Gasteiger partial charge in [-0.1, -0.05) is 0 Å².